The number of carbonyl (C=O) groups is 1. The standard InChI is InChI=1S/C20H20N4OS/c1-13(19(25)21-17-11-10-14-8-5-9-16(14)12-17)26-20-22-18(23-24-20)15-6-3-2-4-7-15/h2-4,6-7,10-13H,5,8-9H2,1H3,(H,21,25)(H,22,23,24)/t13-/m0/s1. The van der Waals surface area contributed by atoms with E-state index in [1.807, 2.05) is 43.3 Å². The molecule has 0 spiro atoms. The summed E-state index contributed by atoms with van der Waals surface area (Å²) in [5.41, 5.74) is 4.59. The number of nitrogens with one attached hydrogen (secondary N) is 2. The van der Waals surface area contributed by atoms with E-state index in [-0.39, 0.29) is 11.2 Å². The van der Waals surface area contributed by atoms with Crippen molar-refractivity contribution >= 4 is 23.4 Å². The van der Waals surface area contributed by atoms with Crippen LogP contribution >= 0.6 is 11.8 Å². The van der Waals surface area contributed by atoms with Crippen molar-refractivity contribution in [2.45, 2.75) is 36.6 Å². The second kappa shape index (κ2) is 7.33. The Labute approximate surface area is 156 Å². The summed E-state index contributed by atoms with van der Waals surface area (Å²) >= 11 is 1.35. The summed E-state index contributed by atoms with van der Waals surface area (Å²) in [7, 11) is 0. The largest absolute Gasteiger partial charge is 0.325 e. The number of rotatable bonds is 5. The van der Waals surface area contributed by atoms with E-state index in [4.69, 9.17) is 0 Å². The minimum Gasteiger partial charge on any atom is -0.325 e. The Morgan fingerprint density at radius 1 is 1.15 bits per heavy atom. The van der Waals surface area contributed by atoms with Crippen molar-refractivity contribution in [1.82, 2.24) is 15.2 Å². The molecule has 5 nitrogen and oxygen atoms in total. The molecule has 2 aromatic carbocycles. The molecular formula is C20H20N4OS. The first kappa shape index (κ1) is 16.8. The van der Waals surface area contributed by atoms with Crippen LogP contribution in [0.4, 0.5) is 5.69 Å². The van der Waals surface area contributed by atoms with E-state index in [2.05, 4.69) is 32.6 Å². The first-order valence-corrected chi connectivity index (χ1v) is 9.64. The fourth-order valence-electron chi connectivity index (χ4n) is 3.13. The van der Waals surface area contributed by atoms with Crippen LogP contribution in [0.1, 0.15) is 24.5 Å². The maximum absolute atomic E-state index is 12.5. The Morgan fingerprint density at radius 2 is 1.96 bits per heavy atom. The van der Waals surface area contributed by atoms with Gasteiger partial charge in [0.25, 0.3) is 0 Å². The first-order valence-electron chi connectivity index (χ1n) is 8.76. The zero-order valence-corrected chi connectivity index (χ0v) is 15.3. The summed E-state index contributed by atoms with van der Waals surface area (Å²) in [6.07, 6.45) is 3.45. The van der Waals surface area contributed by atoms with Crippen molar-refractivity contribution in [2.24, 2.45) is 0 Å². The lowest BCUT2D eigenvalue weighted by Crippen LogP contribution is -2.22. The van der Waals surface area contributed by atoms with Gasteiger partial charge in [0.15, 0.2) is 5.82 Å². The number of carbonyl (C=O) groups excluding carboxylic acids is 1. The van der Waals surface area contributed by atoms with E-state index >= 15 is 0 Å². The number of anilines is 1. The first-order chi connectivity index (χ1) is 12.7. The van der Waals surface area contributed by atoms with Crippen molar-refractivity contribution < 1.29 is 4.79 Å². The summed E-state index contributed by atoms with van der Waals surface area (Å²) in [5, 5.41) is 10.4. The third kappa shape index (κ3) is 3.65. The monoisotopic (exact) mass is 364 g/mol. The van der Waals surface area contributed by atoms with Gasteiger partial charge in [0.05, 0.1) is 5.25 Å². The number of aromatic nitrogens is 3. The third-order valence-electron chi connectivity index (χ3n) is 4.53. The van der Waals surface area contributed by atoms with Crippen LogP contribution in [0.15, 0.2) is 53.7 Å². The molecule has 0 unspecified atom stereocenters. The Morgan fingerprint density at radius 3 is 2.81 bits per heavy atom. The topological polar surface area (TPSA) is 70.7 Å². The van der Waals surface area contributed by atoms with Crippen LogP contribution in [-0.2, 0) is 17.6 Å². The van der Waals surface area contributed by atoms with Crippen LogP contribution in [0.25, 0.3) is 11.4 Å². The molecule has 1 atom stereocenters. The molecule has 0 aliphatic heterocycles. The van der Waals surface area contributed by atoms with Crippen LogP contribution in [0.3, 0.4) is 0 Å². The predicted molar refractivity (Wildman–Crippen MR) is 104 cm³/mol. The van der Waals surface area contributed by atoms with Crippen LogP contribution in [0.5, 0.6) is 0 Å². The SMILES string of the molecule is C[C@H](Sc1n[nH]c(-c2ccccc2)n1)C(=O)Nc1ccc2c(c1)CCC2. The molecule has 1 amide bonds. The van der Waals surface area contributed by atoms with Gasteiger partial charge in [-0.1, -0.05) is 48.2 Å². The van der Waals surface area contributed by atoms with Crippen molar-refractivity contribution in [3.8, 4) is 11.4 Å². The number of benzene rings is 2. The van der Waals surface area contributed by atoms with Crippen molar-refractivity contribution in [2.75, 3.05) is 5.32 Å². The molecule has 3 aromatic rings. The summed E-state index contributed by atoms with van der Waals surface area (Å²) in [6.45, 7) is 1.87. The van der Waals surface area contributed by atoms with E-state index < -0.39 is 0 Å². The molecular weight excluding hydrogens is 344 g/mol. The molecule has 4 rings (SSSR count). The summed E-state index contributed by atoms with van der Waals surface area (Å²) < 4.78 is 0. The number of hydrogen-bond donors (Lipinski definition) is 2. The molecule has 0 fully saturated rings. The summed E-state index contributed by atoms with van der Waals surface area (Å²) in [6, 6.07) is 16.0. The molecule has 1 heterocycles. The Hall–Kier alpha value is -2.60. The van der Waals surface area contributed by atoms with Crippen molar-refractivity contribution in [3.05, 3.63) is 59.7 Å². The van der Waals surface area contributed by atoms with E-state index in [9.17, 15) is 4.79 Å². The van der Waals surface area contributed by atoms with Crippen LogP contribution in [0.2, 0.25) is 0 Å². The van der Waals surface area contributed by atoms with Gasteiger partial charge in [-0.05, 0) is 49.4 Å². The van der Waals surface area contributed by atoms with Crippen molar-refractivity contribution in [1.29, 1.82) is 0 Å². The molecule has 0 radical (unpaired) electrons. The highest BCUT2D eigenvalue weighted by molar-refractivity contribution is 8.00. The fraction of sp³-hybridized carbons (Fsp3) is 0.250. The summed E-state index contributed by atoms with van der Waals surface area (Å²) in [5.74, 6) is 0.665. The average Bonchev–Trinajstić information content (AvgIpc) is 3.31. The highest BCUT2D eigenvalue weighted by atomic mass is 32.2. The smallest absolute Gasteiger partial charge is 0.237 e. The van der Waals surface area contributed by atoms with Gasteiger partial charge in [-0.2, -0.15) is 0 Å². The van der Waals surface area contributed by atoms with Crippen LogP contribution in [-0.4, -0.2) is 26.3 Å². The maximum Gasteiger partial charge on any atom is 0.237 e. The van der Waals surface area contributed by atoms with Gasteiger partial charge in [-0.15, -0.1) is 5.10 Å². The highest BCUT2D eigenvalue weighted by Crippen LogP contribution is 2.26. The Kier molecular flexibility index (Phi) is 4.75. The molecule has 1 aliphatic rings. The predicted octanol–water partition coefficient (Wildman–Crippen LogP) is 4.08. The number of hydrogen-bond acceptors (Lipinski definition) is 4. The minimum atomic E-state index is -0.289. The molecule has 0 saturated heterocycles. The Balaban J connectivity index is 1.39. The van der Waals surface area contributed by atoms with Gasteiger partial charge < -0.3 is 5.32 Å². The van der Waals surface area contributed by atoms with Gasteiger partial charge >= 0.3 is 0 Å². The number of nitrogens with zero attached hydrogens (tertiary/aromatic N) is 2. The molecule has 0 bridgehead atoms. The molecule has 26 heavy (non-hydrogen) atoms. The maximum atomic E-state index is 12.5. The van der Waals surface area contributed by atoms with Gasteiger partial charge in [0.2, 0.25) is 11.1 Å². The van der Waals surface area contributed by atoms with Gasteiger partial charge in [0, 0.05) is 11.3 Å². The molecule has 1 aromatic heterocycles. The second-order valence-electron chi connectivity index (χ2n) is 6.42. The zero-order chi connectivity index (χ0) is 17.9. The number of fused-ring (bicyclic) bond motifs is 1. The van der Waals surface area contributed by atoms with E-state index in [1.54, 1.807) is 0 Å². The fourth-order valence-corrected chi connectivity index (χ4v) is 3.85. The number of aromatic amines is 1. The molecule has 6 heteroatoms. The van der Waals surface area contributed by atoms with Gasteiger partial charge in [-0.25, -0.2) is 4.98 Å². The zero-order valence-electron chi connectivity index (χ0n) is 14.5. The summed E-state index contributed by atoms with van der Waals surface area (Å²) in [4.78, 5) is 17.0. The minimum absolute atomic E-state index is 0.0426. The lowest BCUT2D eigenvalue weighted by molar-refractivity contribution is -0.115. The normalized spacial score (nSPS) is 14.0. The average molecular weight is 364 g/mol. The van der Waals surface area contributed by atoms with Crippen molar-refractivity contribution in [3.63, 3.8) is 0 Å². The molecule has 2 N–H and O–H groups in total. The van der Waals surface area contributed by atoms with Gasteiger partial charge in [0.1, 0.15) is 0 Å². The van der Waals surface area contributed by atoms with Gasteiger partial charge in [-0.3, -0.25) is 9.89 Å². The van der Waals surface area contributed by atoms with E-state index in [1.165, 1.54) is 29.3 Å². The third-order valence-corrected chi connectivity index (χ3v) is 5.49. The highest BCUT2D eigenvalue weighted by Gasteiger charge is 2.18. The van der Waals surface area contributed by atoms with E-state index in [0.29, 0.717) is 11.0 Å². The number of aryl methyl sites for hydroxylation is 2. The lowest BCUT2D eigenvalue weighted by Gasteiger charge is -2.11. The van der Waals surface area contributed by atoms with E-state index in [0.717, 1.165) is 24.1 Å². The molecule has 132 valence electrons. The molecule has 1 aliphatic carbocycles. The number of amides is 1. The molecule has 0 saturated carbocycles. The van der Waals surface area contributed by atoms with Crippen LogP contribution < -0.4 is 5.32 Å². The lowest BCUT2D eigenvalue weighted by atomic mass is 10.1. The number of thioether (sulfide) groups is 1. The van der Waals surface area contributed by atoms with Crippen LogP contribution in [0, 0.1) is 0 Å². The number of H-pyrrole nitrogens is 1. The Bertz CT molecular complexity index is 923. The second-order valence-corrected chi connectivity index (χ2v) is 7.73. The quantitative estimate of drug-likeness (QED) is 0.669.